The van der Waals surface area contributed by atoms with Crippen LogP contribution in [0.4, 0.5) is 5.69 Å². The third-order valence-electron chi connectivity index (χ3n) is 4.02. The van der Waals surface area contributed by atoms with E-state index in [1.807, 2.05) is 18.2 Å². The van der Waals surface area contributed by atoms with Crippen LogP contribution in [0, 0.1) is 0 Å². The van der Waals surface area contributed by atoms with E-state index in [4.69, 9.17) is 9.47 Å². The number of carbonyl (C=O) groups excluding carboxylic acids is 2. The summed E-state index contributed by atoms with van der Waals surface area (Å²) in [6.07, 6.45) is 1.18. The van der Waals surface area contributed by atoms with Crippen LogP contribution in [0.5, 0.6) is 11.5 Å². The molecule has 0 heterocycles. The number of nitrogens with zero attached hydrogens (tertiary/aromatic N) is 1. The van der Waals surface area contributed by atoms with Gasteiger partial charge in [0.05, 0.1) is 14.2 Å². The summed E-state index contributed by atoms with van der Waals surface area (Å²) < 4.78 is 10.5. The lowest BCUT2D eigenvalue weighted by atomic mass is 10.1. The lowest BCUT2D eigenvalue weighted by Crippen LogP contribution is -2.26. The van der Waals surface area contributed by atoms with Crippen LogP contribution in [0.25, 0.3) is 0 Å². The molecule has 0 spiro atoms. The first-order chi connectivity index (χ1) is 12.1. The Balaban J connectivity index is 1.91. The summed E-state index contributed by atoms with van der Waals surface area (Å²) in [7, 11) is 4.83. The number of methoxy groups -OCH3 is 2. The molecule has 0 unspecified atom stereocenters. The minimum absolute atomic E-state index is 0.0481. The number of ether oxygens (including phenoxy) is 2. The van der Waals surface area contributed by atoms with E-state index in [1.165, 1.54) is 0 Å². The van der Waals surface area contributed by atoms with Crippen LogP contribution >= 0.6 is 0 Å². The van der Waals surface area contributed by atoms with Crippen molar-refractivity contribution in [1.82, 2.24) is 0 Å². The Labute approximate surface area is 148 Å². The highest BCUT2D eigenvalue weighted by Gasteiger charge is 2.14. The number of rotatable bonds is 8. The lowest BCUT2D eigenvalue weighted by molar-refractivity contribution is -0.118. The minimum atomic E-state index is -0.0481. The molecule has 0 N–H and O–H groups in total. The molecule has 5 nitrogen and oxygen atoms in total. The largest absolute Gasteiger partial charge is 0.493 e. The zero-order valence-electron chi connectivity index (χ0n) is 14.8. The van der Waals surface area contributed by atoms with Crippen LogP contribution in [-0.2, 0) is 4.79 Å². The fourth-order valence-corrected chi connectivity index (χ4v) is 2.51. The zero-order valence-corrected chi connectivity index (χ0v) is 14.8. The van der Waals surface area contributed by atoms with E-state index in [1.54, 1.807) is 56.5 Å². The second kappa shape index (κ2) is 8.87. The summed E-state index contributed by atoms with van der Waals surface area (Å²) in [5.41, 5.74) is 1.40. The molecule has 0 aliphatic rings. The van der Waals surface area contributed by atoms with Crippen LogP contribution in [0.1, 0.15) is 29.6 Å². The Bertz CT molecular complexity index is 728. The Morgan fingerprint density at radius 2 is 1.60 bits per heavy atom. The van der Waals surface area contributed by atoms with E-state index < -0.39 is 0 Å². The Hall–Kier alpha value is -2.82. The van der Waals surface area contributed by atoms with Crippen molar-refractivity contribution in [3.05, 3.63) is 54.1 Å². The van der Waals surface area contributed by atoms with Crippen molar-refractivity contribution >= 4 is 17.4 Å². The Morgan fingerprint density at radius 3 is 2.24 bits per heavy atom. The van der Waals surface area contributed by atoms with Crippen LogP contribution in [0.2, 0.25) is 0 Å². The van der Waals surface area contributed by atoms with Crippen molar-refractivity contribution in [1.29, 1.82) is 0 Å². The molecule has 0 saturated carbocycles. The third-order valence-corrected chi connectivity index (χ3v) is 4.02. The van der Waals surface area contributed by atoms with Gasteiger partial charge in [0.15, 0.2) is 17.3 Å². The van der Waals surface area contributed by atoms with Gasteiger partial charge in [-0.25, -0.2) is 0 Å². The molecule has 25 heavy (non-hydrogen) atoms. The molecule has 1 amide bonds. The zero-order chi connectivity index (χ0) is 18.2. The van der Waals surface area contributed by atoms with Gasteiger partial charge >= 0.3 is 0 Å². The summed E-state index contributed by atoms with van der Waals surface area (Å²) >= 11 is 0. The van der Waals surface area contributed by atoms with Crippen LogP contribution < -0.4 is 14.4 Å². The molecule has 0 fully saturated rings. The van der Waals surface area contributed by atoms with Crippen molar-refractivity contribution in [2.45, 2.75) is 19.3 Å². The third kappa shape index (κ3) is 4.83. The molecular formula is C20H23NO4. The normalized spacial score (nSPS) is 10.2. The molecule has 0 aromatic heterocycles. The number of carbonyl (C=O) groups is 2. The summed E-state index contributed by atoms with van der Waals surface area (Å²) in [6, 6.07) is 14.4. The molecule has 2 rings (SSSR count). The fraction of sp³-hybridized carbons (Fsp3) is 0.300. The molecule has 5 heteroatoms. The van der Waals surface area contributed by atoms with E-state index in [0.29, 0.717) is 36.3 Å². The maximum atomic E-state index is 12.4. The molecule has 0 bridgehead atoms. The molecule has 2 aromatic carbocycles. The Kier molecular flexibility index (Phi) is 6.57. The van der Waals surface area contributed by atoms with Gasteiger partial charge in [-0.2, -0.15) is 0 Å². The smallest absolute Gasteiger partial charge is 0.226 e. The summed E-state index contributed by atoms with van der Waals surface area (Å²) in [5.74, 6) is 1.19. The van der Waals surface area contributed by atoms with Gasteiger partial charge in [0.1, 0.15) is 0 Å². The lowest BCUT2D eigenvalue weighted by Gasteiger charge is -2.19. The highest BCUT2D eigenvalue weighted by atomic mass is 16.5. The van der Waals surface area contributed by atoms with E-state index in [9.17, 15) is 9.59 Å². The molecular weight excluding hydrogens is 318 g/mol. The van der Waals surface area contributed by atoms with E-state index in [0.717, 1.165) is 5.69 Å². The van der Waals surface area contributed by atoms with E-state index >= 15 is 0 Å². The van der Waals surface area contributed by atoms with Crippen molar-refractivity contribution in [3.8, 4) is 11.5 Å². The number of Topliss-reactive ketones (excluding diaryl/α,β-unsaturated/α-hetero) is 1. The average Bonchev–Trinajstić information content (AvgIpc) is 2.67. The van der Waals surface area contributed by atoms with Gasteiger partial charge in [-0.1, -0.05) is 30.3 Å². The predicted molar refractivity (Wildman–Crippen MR) is 97.6 cm³/mol. The molecule has 0 saturated heterocycles. The van der Waals surface area contributed by atoms with Crippen LogP contribution in [-0.4, -0.2) is 33.0 Å². The monoisotopic (exact) mass is 341 g/mol. The van der Waals surface area contributed by atoms with Gasteiger partial charge in [0.25, 0.3) is 0 Å². The topological polar surface area (TPSA) is 55.8 Å². The van der Waals surface area contributed by atoms with Gasteiger partial charge in [0.2, 0.25) is 5.91 Å². The minimum Gasteiger partial charge on any atom is -0.493 e. The molecule has 0 radical (unpaired) electrons. The second-order valence-corrected chi connectivity index (χ2v) is 5.63. The number of ketones is 1. The van der Waals surface area contributed by atoms with Crippen molar-refractivity contribution in [2.24, 2.45) is 0 Å². The summed E-state index contributed by atoms with van der Waals surface area (Å²) in [5, 5.41) is 0. The maximum Gasteiger partial charge on any atom is 0.226 e. The van der Waals surface area contributed by atoms with Gasteiger partial charge in [0, 0.05) is 37.2 Å². The van der Waals surface area contributed by atoms with E-state index in [-0.39, 0.29) is 11.7 Å². The van der Waals surface area contributed by atoms with Gasteiger partial charge in [-0.05, 0) is 18.6 Å². The van der Waals surface area contributed by atoms with Gasteiger partial charge in [-0.3, -0.25) is 9.59 Å². The number of amides is 1. The first-order valence-corrected chi connectivity index (χ1v) is 8.13. The van der Waals surface area contributed by atoms with Crippen molar-refractivity contribution in [3.63, 3.8) is 0 Å². The molecule has 0 atom stereocenters. The van der Waals surface area contributed by atoms with Crippen molar-refractivity contribution < 1.29 is 19.1 Å². The first kappa shape index (κ1) is 18.5. The maximum absolute atomic E-state index is 12.4. The number of hydrogen-bond donors (Lipinski definition) is 0. The predicted octanol–water partition coefficient (Wildman–Crippen LogP) is 3.72. The van der Waals surface area contributed by atoms with Crippen LogP contribution in [0.15, 0.2) is 48.5 Å². The molecule has 132 valence electrons. The molecule has 0 aliphatic heterocycles. The Morgan fingerprint density at radius 1 is 0.920 bits per heavy atom. The molecule has 2 aromatic rings. The second-order valence-electron chi connectivity index (χ2n) is 5.63. The van der Waals surface area contributed by atoms with Crippen LogP contribution in [0.3, 0.4) is 0 Å². The molecule has 0 aliphatic carbocycles. The average molecular weight is 341 g/mol. The van der Waals surface area contributed by atoms with Gasteiger partial charge < -0.3 is 14.4 Å². The first-order valence-electron chi connectivity index (χ1n) is 8.13. The van der Waals surface area contributed by atoms with Gasteiger partial charge in [-0.15, -0.1) is 0 Å². The van der Waals surface area contributed by atoms with Crippen molar-refractivity contribution in [2.75, 3.05) is 26.2 Å². The highest BCUT2D eigenvalue weighted by molar-refractivity contribution is 5.97. The summed E-state index contributed by atoms with van der Waals surface area (Å²) in [4.78, 5) is 26.0. The highest BCUT2D eigenvalue weighted by Crippen LogP contribution is 2.31. The summed E-state index contributed by atoms with van der Waals surface area (Å²) in [6.45, 7) is 0. The standard InChI is InChI=1S/C20H23NO4/c1-21(16-12-13-18(24-2)19(14-16)25-3)20(23)11-7-10-17(22)15-8-5-4-6-9-15/h4-6,8-9,12-14H,7,10-11H2,1-3H3. The number of hydrogen-bond acceptors (Lipinski definition) is 4. The number of anilines is 1. The quantitative estimate of drug-likeness (QED) is 0.687. The number of benzene rings is 2. The SMILES string of the molecule is COc1ccc(N(C)C(=O)CCCC(=O)c2ccccc2)cc1OC. The van der Waals surface area contributed by atoms with E-state index in [2.05, 4.69) is 0 Å². The fourth-order valence-electron chi connectivity index (χ4n) is 2.51.